The van der Waals surface area contributed by atoms with Gasteiger partial charge in [0.25, 0.3) is 0 Å². The van der Waals surface area contributed by atoms with Crippen molar-refractivity contribution < 1.29 is 4.79 Å². The van der Waals surface area contributed by atoms with Crippen molar-refractivity contribution in [2.45, 2.75) is 51.5 Å². The van der Waals surface area contributed by atoms with Gasteiger partial charge in [-0.3, -0.25) is 4.79 Å². The average molecular weight is 224 g/mol. The van der Waals surface area contributed by atoms with Gasteiger partial charge in [0.1, 0.15) is 0 Å². The first kappa shape index (κ1) is 11.9. The Kier molecular flexibility index (Phi) is 3.53. The van der Waals surface area contributed by atoms with Crippen LogP contribution < -0.4 is 5.32 Å². The Balaban J connectivity index is 2.01. The Morgan fingerprint density at radius 2 is 2.12 bits per heavy atom. The standard InChI is InChI=1S/C13H24N2O/c1-3-13(7-4-5-8-13)12(16)15-9-6-11(10-15)14-2/h11,14H,3-10H2,1-2H3. The molecule has 1 N–H and O–H groups in total. The number of carbonyl (C=O) groups excluding carboxylic acids is 1. The molecule has 0 aromatic rings. The first-order valence-electron chi connectivity index (χ1n) is 6.68. The zero-order chi connectivity index (χ0) is 11.6. The maximum atomic E-state index is 12.6. The van der Waals surface area contributed by atoms with E-state index < -0.39 is 0 Å². The summed E-state index contributed by atoms with van der Waals surface area (Å²) in [4.78, 5) is 14.7. The summed E-state index contributed by atoms with van der Waals surface area (Å²) in [6, 6.07) is 0.513. The van der Waals surface area contributed by atoms with Gasteiger partial charge in [0.2, 0.25) is 5.91 Å². The van der Waals surface area contributed by atoms with Crippen molar-refractivity contribution in [1.82, 2.24) is 10.2 Å². The molecule has 2 fully saturated rings. The highest BCUT2D eigenvalue weighted by atomic mass is 16.2. The largest absolute Gasteiger partial charge is 0.341 e. The van der Waals surface area contributed by atoms with E-state index in [1.54, 1.807) is 0 Å². The SMILES string of the molecule is CCC1(C(=O)N2CCC(NC)C2)CCCC1. The second kappa shape index (κ2) is 4.74. The van der Waals surface area contributed by atoms with E-state index in [1.165, 1.54) is 12.8 Å². The first-order chi connectivity index (χ1) is 7.72. The lowest BCUT2D eigenvalue weighted by Crippen LogP contribution is -2.42. The van der Waals surface area contributed by atoms with Crippen LogP contribution in [0.1, 0.15) is 45.4 Å². The summed E-state index contributed by atoms with van der Waals surface area (Å²) in [5, 5.41) is 3.28. The molecule has 0 aromatic heterocycles. The molecule has 0 bridgehead atoms. The predicted octanol–water partition coefficient (Wildman–Crippen LogP) is 1.78. The van der Waals surface area contributed by atoms with Crippen LogP contribution in [0.3, 0.4) is 0 Å². The van der Waals surface area contributed by atoms with E-state index in [9.17, 15) is 4.79 Å². The maximum absolute atomic E-state index is 12.6. The molecule has 1 amide bonds. The molecule has 1 aliphatic heterocycles. The summed E-state index contributed by atoms with van der Waals surface area (Å²) in [6.07, 6.45) is 6.84. The third-order valence-electron chi connectivity index (χ3n) is 4.57. The number of hydrogen-bond acceptors (Lipinski definition) is 2. The van der Waals surface area contributed by atoms with E-state index in [2.05, 4.69) is 17.1 Å². The number of likely N-dealkylation sites (N-methyl/N-ethyl adjacent to an activating group) is 1. The predicted molar refractivity (Wildman–Crippen MR) is 65.2 cm³/mol. The van der Waals surface area contributed by atoms with Crippen LogP contribution in [0.4, 0.5) is 0 Å². The molecule has 1 atom stereocenters. The van der Waals surface area contributed by atoms with E-state index in [0.717, 1.165) is 38.8 Å². The molecule has 2 rings (SSSR count). The van der Waals surface area contributed by atoms with Crippen molar-refractivity contribution in [2.24, 2.45) is 5.41 Å². The minimum atomic E-state index is 0.00261. The lowest BCUT2D eigenvalue weighted by molar-refractivity contribution is -0.141. The quantitative estimate of drug-likeness (QED) is 0.792. The van der Waals surface area contributed by atoms with Crippen LogP contribution in [0.25, 0.3) is 0 Å². The molecule has 0 aromatic carbocycles. The van der Waals surface area contributed by atoms with Crippen LogP contribution in [0.5, 0.6) is 0 Å². The summed E-state index contributed by atoms with van der Waals surface area (Å²) in [5.41, 5.74) is 0.00261. The molecule has 1 saturated heterocycles. The normalized spacial score (nSPS) is 28.6. The molecule has 1 saturated carbocycles. The molecule has 0 spiro atoms. The van der Waals surface area contributed by atoms with Gasteiger partial charge in [0.15, 0.2) is 0 Å². The Morgan fingerprint density at radius 3 is 2.62 bits per heavy atom. The number of carbonyl (C=O) groups is 1. The maximum Gasteiger partial charge on any atom is 0.228 e. The van der Waals surface area contributed by atoms with Gasteiger partial charge in [-0.15, -0.1) is 0 Å². The highest BCUT2D eigenvalue weighted by Gasteiger charge is 2.43. The van der Waals surface area contributed by atoms with Crippen molar-refractivity contribution >= 4 is 5.91 Å². The van der Waals surface area contributed by atoms with Crippen LogP contribution in [0.2, 0.25) is 0 Å². The molecule has 1 heterocycles. The third-order valence-corrected chi connectivity index (χ3v) is 4.57. The zero-order valence-electron chi connectivity index (χ0n) is 10.6. The van der Waals surface area contributed by atoms with Gasteiger partial charge in [-0.2, -0.15) is 0 Å². The number of nitrogens with zero attached hydrogens (tertiary/aromatic N) is 1. The van der Waals surface area contributed by atoms with Gasteiger partial charge in [-0.05, 0) is 32.7 Å². The van der Waals surface area contributed by atoms with Gasteiger partial charge < -0.3 is 10.2 Å². The fraction of sp³-hybridized carbons (Fsp3) is 0.923. The summed E-state index contributed by atoms with van der Waals surface area (Å²) in [6.45, 7) is 4.04. The lowest BCUT2D eigenvalue weighted by Gasteiger charge is -2.31. The number of amides is 1. The minimum Gasteiger partial charge on any atom is -0.341 e. The van der Waals surface area contributed by atoms with E-state index in [0.29, 0.717) is 11.9 Å². The highest BCUT2D eigenvalue weighted by molar-refractivity contribution is 5.83. The van der Waals surface area contributed by atoms with E-state index >= 15 is 0 Å². The molecular weight excluding hydrogens is 200 g/mol. The Bertz CT molecular complexity index is 259. The van der Waals surface area contributed by atoms with E-state index in [-0.39, 0.29) is 5.41 Å². The molecule has 3 nitrogen and oxygen atoms in total. The fourth-order valence-electron chi connectivity index (χ4n) is 3.29. The highest BCUT2D eigenvalue weighted by Crippen LogP contribution is 2.42. The zero-order valence-corrected chi connectivity index (χ0v) is 10.6. The topological polar surface area (TPSA) is 32.3 Å². The number of likely N-dealkylation sites (tertiary alicyclic amines) is 1. The van der Waals surface area contributed by atoms with Crippen molar-refractivity contribution in [1.29, 1.82) is 0 Å². The molecule has 1 aliphatic carbocycles. The van der Waals surface area contributed by atoms with Crippen LogP contribution in [-0.2, 0) is 4.79 Å². The molecular formula is C13H24N2O. The van der Waals surface area contributed by atoms with Crippen LogP contribution in [-0.4, -0.2) is 37.0 Å². The average Bonchev–Trinajstić information content (AvgIpc) is 2.98. The van der Waals surface area contributed by atoms with Gasteiger partial charge in [-0.25, -0.2) is 0 Å². The molecule has 3 heteroatoms. The Hall–Kier alpha value is -0.570. The van der Waals surface area contributed by atoms with Crippen LogP contribution >= 0.6 is 0 Å². The summed E-state index contributed by atoms with van der Waals surface area (Å²) in [5.74, 6) is 0.435. The second-order valence-electron chi connectivity index (χ2n) is 5.37. The van der Waals surface area contributed by atoms with E-state index in [1.807, 2.05) is 7.05 Å². The molecule has 92 valence electrons. The van der Waals surface area contributed by atoms with Crippen molar-refractivity contribution in [3.63, 3.8) is 0 Å². The van der Waals surface area contributed by atoms with Crippen molar-refractivity contribution in [3.05, 3.63) is 0 Å². The van der Waals surface area contributed by atoms with Gasteiger partial charge in [-0.1, -0.05) is 19.8 Å². The van der Waals surface area contributed by atoms with Crippen molar-refractivity contribution in [3.8, 4) is 0 Å². The first-order valence-corrected chi connectivity index (χ1v) is 6.68. The fourth-order valence-corrected chi connectivity index (χ4v) is 3.29. The second-order valence-corrected chi connectivity index (χ2v) is 5.37. The number of rotatable bonds is 3. The van der Waals surface area contributed by atoms with E-state index in [4.69, 9.17) is 0 Å². The van der Waals surface area contributed by atoms with Gasteiger partial charge in [0, 0.05) is 24.5 Å². The summed E-state index contributed by atoms with van der Waals surface area (Å²) < 4.78 is 0. The molecule has 1 unspecified atom stereocenters. The molecule has 0 radical (unpaired) electrons. The van der Waals surface area contributed by atoms with Crippen molar-refractivity contribution in [2.75, 3.05) is 20.1 Å². The third kappa shape index (κ3) is 1.97. The molecule has 2 aliphatic rings. The summed E-state index contributed by atoms with van der Waals surface area (Å²) in [7, 11) is 1.99. The van der Waals surface area contributed by atoms with Crippen LogP contribution in [0, 0.1) is 5.41 Å². The monoisotopic (exact) mass is 224 g/mol. The van der Waals surface area contributed by atoms with Gasteiger partial charge >= 0.3 is 0 Å². The molecule has 16 heavy (non-hydrogen) atoms. The Morgan fingerprint density at radius 1 is 1.44 bits per heavy atom. The number of nitrogens with one attached hydrogen (secondary N) is 1. The summed E-state index contributed by atoms with van der Waals surface area (Å²) >= 11 is 0. The smallest absolute Gasteiger partial charge is 0.228 e. The minimum absolute atomic E-state index is 0.00261. The number of hydrogen-bond donors (Lipinski definition) is 1. The van der Waals surface area contributed by atoms with Gasteiger partial charge in [0.05, 0.1) is 0 Å². The van der Waals surface area contributed by atoms with Crippen LogP contribution in [0.15, 0.2) is 0 Å². The lowest BCUT2D eigenvalue weighted by atomic mass is 9.82. The Labute approximate surface area is 98.6 Å².